The molecular weight excluding hydrogens is 260 g/mol. The second-order valence-electron chi connectivity index (χ2n) is 5.64. The summed E-state index contributed by atoms with van der Waals surface area (Å²) in [5, 5.41) is 14.9. The predicted octanol–water partition coefficient (Wildman–Crippen LogP) is 2.20. The molecule has 1 unspecified atom stereocenters. The smallest absolute Gasteiger partial charge is 0.412 e. The first-order valence-corrected chi connectivity index (χ1v) is 6.53. The van der Waals surface area contributed by atoms with Gasteiger partial charge in [-0.25, -0.2) is 4.79 Å². The molecule has 0 bridgehead atoms. The number of carbonyl (C=O) groups excluding carboxylic acids is 1. The van der Waals surface area contributed by atoms with Crippen molar-refractivity contribution >= 4 is 17.5 Å². The molecule has 20 heavy (non-hydrogen) atoms. The molecule has 0 aromatic heterocycles. The van der Waals surface area contributed by atoms with Crippen molar-refractivity contribution in [2.45, 2.75) is 32.5 Å². The summed E-state index contributed by atoms with van der Waals surface area (Å²) >= 11 is 0. The molecule has 1 aliphatic rings. The molecule has 2 rings (SSSR count). The summed E-state index contributed by atoms with van der Waals surface area (Å²) in [6.45, 7) is 5.92. The number of amides is 1. The molecule has 0 spiro atoms. The monoisotopic (exact) mass is 280 g/mol. The number of aliphatic hydroxyl groups excluding tert-OH is 1. The minimum absolute atomic E-state index is 0.0374. The van der Waals surface area contributed by atoms with Crippen molar-refractivity contribution in [1.82, 2.24) is 0 Å². The molecule has 1 amide bonds. The maximum absolute atomic E-state index is 11.7. The van der Waals surface area contributed by atoms with Crippen LogP contribution in [-0.4, -0.2) is 36.1 Å². The van der Waals surface area contributed by atoms with Crippen molar-refractivity contribution in [3.05, 3.63) is 18.2 Å². The molecule has 1 atom stereocenters. The number of nitrogens with one attached hydrogen (secondary N) is 2. The van der Waals surface area contributed by atoms with E-state index in [1.54, 1.807) is 18.2 Å². The number of carbonyl (C=O) groups is 1. The predicted molar refractivity (Wildman–Crippen MR) is 76.3 cm³/mol. The number of rotatable bonds is 2. The number of ether oxygens (including phenoxy) is 2. The van der Waals surface area contributed by atoms with E-state index in [1.165, 1.54) is 0 Å². The molecule has 0 saturated heterocycles. The SMILES string of the molecule is CC(C)(C)OC(=O)Nc1ccc2c(c1)NCC(CO)O2. The Kier molecular flexibility index (Phi) is 4.04. The van der Waals surface area contributed by atoms with Gasteiger partial charge >= 0.3 is 6.09 Å². The Bertz CT molecular complexity index is 496. The van der Waals surface area contributed by atoms with Crippen LogP contribution in [-0.2, 0) is 4.74 Å². The standard InChI is InChI=1S/C14H20N2O4/c1-14(2,3)20-13(18)16-9-4-5-12-11(6-9)15-7-10(8-17)19-12/h4-6,10,15,17H,7-8H2,1-3H3,(H,16,18). The number of hydrogen-bond acceptors (Lipinski definition) is 5. The summed E-state index contributed by atoms with van der Waals surface area (Å²) in [5.41, 5.74) is 0.869. The van der Waals surface area contributed by atoms with Crippen LogP contribution in [0.1, 0.15) is 20.8 Å². The van der Waals surface area contributed by atoms with Crippen molar-refractivity contribution < 1.29 is 19.4 Å². The molecule has 110 valence electrons. The first-order valence-electron chi connectivity index (χ1n) is 6.53. The molecule has 0 saturated carbocycles. The van der Waals surface area contributed by atoms with Crippen molar-refractivity contribution in [2.75, 3.05) is 23.8 Å². The van der Waals surface area contributed by atoms with E-state index in [2.05, 4.69) is 10.6 Å². The largest absolute Gasteiger partial charge is 0.484 e. The average Bonchev–Trinajstić information content (AvgIpc) is 2.35. The summed E-state index contributed by atoms with van der Waals surface area (Å²) in [5.74, 6) is 0.657. The third-order valence-corrected chi connectivity index (χ3v) is 2.64. The molecule has 3 N–H and O–H groups in total. The van der Waals surface area contributed by atoms with Crippen LogP contribution in [0.25, 0.3) is 0 Å². The molecule has 0 aliphatic carbocycles. The lowest BCUT2D eigenvalue weighted by atomic mass is 10.2. The lowest BCUT2D eigenvalue weighted by Crippen LogP contribution is -2.33. The highest BCUT2D eigenvalue weighted by molar-refractivity contribution is 5.86. The van der Waals surface area contributed by atoms with Crippen LogP contribution in [0.3, 0.4) is 0 Å². The van der Waals surface area contributed by atoms with Crippen LogP contribution in [0.4, 0.5) is 16.2 Å². The Hall–Kier alpha value is -1.95. The molecule has 1 aromatic carbocycles. The van der Waals surface area contributed by atoms with Gasteiger partial charge in [0.15, 0.2) is 0 Å². The number of aliphatic hydroxyl groups is 1. The maximum atomic E-state index is 11.7. The van der Waals surface area contributed by atoms with Crippen LogP contribution in [0, 0.1) is 0 Å². The maximum Gasteiger partial charge on any atom is 0.412 e. The molecule has 1 aromatic rings. The Morgan fingerprint density at radius 2 is 2.30 bits per heavy atom. The van der Waals surface area contributed by atoms with Gasteiger partial charge in [-0.1, -0.05) is 0 Å². The number of fused-ring (bicyclic) bond motifs is 1. The highest BCUT2D eigenvalue weighted by atomic mass is 16.6. The van der Waals surface area contributed by atoms with E-state index in [-0.39, 0.29) is 12.7 Å². The van der Waals surface area contributed by atoms with Gasteiger partial charge in [-0.3, -0.25) is 5.32 Å². The summed E-state index contributed by atoms with van der Waals surface area (Å²) in [7, 11) is 0. The zero-order chi connectivity index (χ0) is 14.8. The van der Waals surface area contributed by atoms with Gasteiger partial charge in [0.2, 0.25) is 0 Å². The molecule has 0 fully saturated rings. The topological polar surface area (TPSA) is 79.8 Å². The minimum atomic E-state index is -0.534. The van der Waals surface area contributed by atoms with Gasteiger partial charge in [-0.2, -0.15) is 0 Å². The fraction of sp³-hybridized carbons (Fsp3) is 0.500. The molecule has 6 nitrogen and oxygen atoms in total. The van der Waals surface area contributed by atoms with Gasteiger partial charge in [-0.15, -0.1) is 0 Å². The molecule has 0 radical (unpaired) electrons. The van der Waals surface area contributed by atoms with Crippen LogP contribution < -0.4 is 15.4 Å². The van der Waals surface area contributed by atoms with E-state index in [0.29, 0.717) is 18.0 Å². The summed E-state index contributed by atoms with van der Waals surface area (Å²) in [6, 6.07) is 5.24. The Balaban J connectivity index is 2.03. The lowest BCUT2D eigenvalue weighted by Gasteiger charge is -2.26. The summed E-state index contributed by atoms with van der Waals surface area (Å²) < 4.78 is 10.8. The zero-order valence-electron chi connectivity index (χ0n) is 11.9. The average molecular weight is 280 g/mol. The number of hydrogen-bond donors (Lipinski definition) is 3. The fourth-order valence-electron chi connectivity index (χ4n) is 1.82. The van der Waals surface area contributed by atoms with Crippen molar-refractivity contribution in [1.29, 1.82) is 0 Å². The summed E-state index contributed by atoms with van der Waals surface area (Å²) in [4.78, 5) is 11.7. The highest BCUT2D eigenvalue weighted by Crippen LogP contribution is 2.31. The molecule has 1 aliphatic heterocycles. The quantitative estimate of drug-likeness (QED) is 0.774. The zero-order valence-corrected chi connectivity index (χ0v) is 11.9. The van der Waals surface area contributed by atoms with E-state index in [4.69, 9.17) is 14.6 Å². The van der Waals surface area contributed by atoms with Gasteiger partial charge in [0, 0.05) is 5.69 Å². The third-order valence-electron chi connectivity index (χ3n) is 2.64. The van der Waals surface area contributed by atoms with Gasteiger partial charge < -0.3 is 19.9 Å². The molecular formula is C14H20N2O4. The Morgan fingerprint density at radius 1 is 1.55 bits per heavy atom. The van der Waals surface area contributed by atoms with Gasteiger partial charge in [0.05, 0.1) is 18.8 Å². The number of benzene rings is 1. The van der Waals surface area contributed by atoms with Crippen molar-refractivity contribution in [2.24, 2.45) is 0 Å². The van der Waals surface area contributed by atoms with E-state index >= 15 is 0 Å². The van der Waals surface area contributed by atoms with Gasteiger partial charge in [0.25, 0.3) is 0 Å². The van der Waals surface area contributed by atoms with Gasteiger partial charge in [-0.05, 0) is 39.0 Å². The van der Waals surface area contributed by atoms with Crippen LogP contribution >= 0.6 is 0 Å². The van der Waals surface area contributed by atoms with Crippen LogP contribution in [0.2, 0.25) is 0 Å². The first-order chi connectivity index (χ1) is 9.37. The second-order valence-corrected chi connectivity index (χ2v) is 5.64. The Labute approximate surface area is 118 Å². The van der Waals surface area contributed by atoms with Gasteiger partial charge in [0.1, 0.15) is 17.5 Å². The van der Waals surface area contributed by atoms with Crippen molar-refractivity contribution in [3.63, 3.8) is 0 Å². The Morgan fingerprint density at radius 3 is 2.95 bits per heavy atom. The minimum Gasteiger partial charge on any atom is -0.484 e. The van der Waals surface area contributed by atoms with E-state index < -0.39 is 11.7 Å². The molecule has 6 heteroatoms. The lowest BCUT2D eigenvalue weighted by molar-refractivity contribution is 0.0636. The fourth-order valence-corrected chi connectivity index (χ4v) is 1.82. The van der Waals surface area contributed by atoms with Crippen LogP contribution in [0.5, 0.6) is 5.75 Å². The van der Waals surface area contributed by atoms with E-state index in [0.717, 1.165) is 5.69 Å². The van der Waals surface area contributed by atoms with E-state index in [1.807, 2.05) is 20.8 Å². The number of anilines is 2. The first kappa shape index (κ1) is 14.5. The normalized spacial score (nSPS) is 17.5. The molecule has 1 heterocycles. The van der Waals surface area contributed by atoms with Crippen LogP contribution in [0.15, 0.2) is 18.2 Å². The highest BCUT2D eigenvalue weighted by Gasteiger charge is 2.20. The summed E-state index contributed by atoms with van der Waals surface area (Å²) in [6.07, 6.45) is -0.741. The van der Waals surface area contributed by atoms with Crippen molar-refractivity contribution in [3.8, 4) is 5.75 Å². The van der Waals surface area contributed by atoms with E-state index in [9.17, 15) is 4.79 Å². The second kappa shape index (κ2) is 5.58. The third kappa shape index (κ3) is 3.77.